The number of anilines is 1. The molecule has 1 aromatic carbocycles. The van der Waals surface area contributed by atoms with Gasteiger partial charge in [0.2, 0.25) is 0 Å². The van der Waals surface area contributed by atoms with Crippen molar-refractivity contribution in [2.24, 2.45) is 0 Å². The molecule has 1 rings (SSSR count). The van der Waals surface area contributed by atoms with E-state index in [1.54, 1.807) is 25.3 Å². The third kappa shape index (κ3) is 5.37. The van der Waals surface area contributed by atoms with E-state index in [-0.39, 0.29) is 0 Å². The normalized spacial score (nSPS) is 10.1. The lowest BCUT2D eigenvalue weighted by atomic mass is 10.2. The van der Waals surface area contributed by atoms with Crippen LogP contribution in [-0.4, -0.2) is 33.5 Å². The Balaban J connectivity index is 2.27. The van der Waals surface area contributed by atoms with Crippen LogP contribution < -0.4 is 5.32 Å². The molecule has 0 heterocycles. The number of halogens is 1. The van der Waals surface area contributed by atoms with Gasteiger partial charge in [0.25, 0.3) is 0 Å². The molecule has 0 aromatic heterocycles. The molecule has 5 heteroatoms. The molecule has 0 amide bonds. The summed E-state index contributed by atoms with van der Waals surface area (Å²) < 4.78 is 10.3. The zero-order valence-corrected chi connectivity index (χ0v) is 11.2. The minimum Gasteiger partial charge on any atom is -0.385 e. The van der Waals surface area contributed by atoms with Crippen molar-refractivity contribution in [1.29, 1.82) is 5.26 Å². The van der Waals surface area contributed by atoms with E-state index < -0.39 is 0 Å². The number of ether oxygens (including phenoxy) is 2. The molecule has 0 spiro atoms. The smallest absolute Gasteiger partial charge is 0.101 e. The van der Waals surface area contributed by atoms with Crippen LogP contribution in [0.15, 0.2) is 18.2 Å². The van der Waals surface area contributed by atoms with Gasteiger partial charge in [-0.3, -0.25) is 0 Å². The first-order valence-electron chi connectivity index (χ1n) is 5.78. The van der Waals surface area contributed by atoms with Crippen molar-refractivity contribution in [3.8, 4) is 6.07 Å². The number of nitrogens with zero attached hydrogens (tertiary/aromatic N) is 1. The molecule has 1 N–H and O–H groups in total. The fourth-order valence-electron chi connectivity index (χ4n) is 1.43. The van der Waals surface area contributed by atoms with Gasteiger partial charge in [-0.25, -0.2) is 0 Å². The van der Waals surface area contributed by atoms with Gasteiger partial charge in [0.15, 0.2) is 0 Å². The highest BCUT2D eigenvalue weighted by atomic mass is 35.5. The molecule has 0 bridgehead atoms. The number of hydrogen-bond donors (Lipinski definition) is 1. The molecule has 0 radical (unpaired) electrons. The maximum atomic E-state index is 8.93. The molecule has 4 nitrogen and oxygen atoms in total. The predicted octanol–water partition coefficient (Wildman–Crippen LogP) is 2.68. The average Bonchev–Trinajstić information content (AvgIpc) is 2.38. The van der Waals surface area contributed by atoms with Gasteiger partial charge in [-0.1, -0.05) is 11.6 Å². The van der Waals surface area contributed by atoms with Crippen molar-refractivity contribution in [1.82, 2.24) is 0 Å². The zero-order valence-electron chi connectivity index (χ0n) is 10.4. The lowest BCUT2D eigenvalue weighted by Crippen LogP contribution is -2.11. The molecule has 18 heavy (non-hydrogen) atoms. The number of nitriles is 1. The van der Waals surface area contributed by atoms with Gasteiger partial charge in [-0.05, 0) is 24.6 Å². The summed E-state index contributed by atoms with van der Waals surface area (Å²) in [5.41, 5.74) is 1.32. The Labute approximate surface area is 112 Å². The Kier molecular flexibility index (Phi) is 7.19. The van der Waals surface area contributed by atoms with Crippen molar-refractivity contribution in [3.63, 3.8) is 0 Å². The first-order chi connectivity index (χ1) is 8.77. The van der Waals surface area contributed by atoms with Gasteiger partial charge in [-0.2, -0.15) is 5.26 Å². The number of benzene rings is 1. The largest absolute Gasteiger partial charge is 0.385 e. The van der Waals surface area contributed by atoms with Crippen LogP contribution >= 0.6 is 11.6 Å². The van der Waals surface area contributed by atoms with E-state index in [2.05, 4.69) is 11.4 Å². The molecule has 98 valence electrons. The molecule has 0 unspecified atom stereocenters. The Hall–Kier alpha value is -1.28. The lowest BCUT2D eigenvalue weighted by Gasteiger charge is -2.09. The Morgan fingerprint density at radius 1 is 1.33 bits per heavy atom. The minimum atomic E-state index is 0.582. The van der Waals surface area contributed by atoms with Gasteiger partial charge in [0, 0.05) is 31.9 Å². The Bertz CT molecular complexity index is 404. The number of rotatable bonds is 8. The second-order valence-electron chi connectivity index (χ2n) is 3.69. The lowest BCUT2D eigenvalue weighted by molar-refractivity contribution is 0.109. The molecular formula is C13H17ClN2O2. The summed E-state index contributed by atoms with van der Waals surface area (Å²) in [5, 5.41) is 12.7. The Morgan fingerprint density at radius 3 is 2.89 bits per heavy atom. The predicted molar refractivity (Wildman–Crippen MR) is 72.0 cm³/mol. The quantitative estimate of drug-likeness (QED) is 0.737. The third-order valence-electron chi connectivity index (χ3n) is 2.30. The molecule has 0 atom stereocenters. The average molecular weight is 269 g/mol. The molecule has 0 fully saturated rings. The number of methoxy groups -OCH3 is 1. The fourth-order valence-corrected chi connectivity index (χ4v) is 1.60. The first-order valence-corrected chi connectivity index (χ1v) is 6.16. The number of hydrogen-bond acceptors (Lipinski definition) is 4. The highest BCUT2D eigenvalue weighted by molar-refractivity contribution is 6.30. The summed E-state index contributed by atoms with van der Waals surface area (Å²) in [5.74, 6) is 0. The highest BCUT2D eigenvalue weighted by Gasteiger charge is 2.01. The van der Waals surface area contributed by atoms with Gasteiger partial charge in [0.05, 0.1) is 17.9 Å². The summed E-state index contributed by atoms with van der Waals surface area (Å²) >= 11 is 5.88. The van der Waals surface area contributed by atoms with Crippen LogP contribution in [0.2, 0.25) is 5.02 Å². The second kappa shape index (κ2) is 8.76. The summed E-state index contributed by atoms with van der Waals surface area (Å²) in [4.78, 5) is 0. The summed E-state index contributed by atoms with van der Waals surface area (Å²) in [6.45, 7) is 2.61. The van der Waals surface area contributed by atoms with Crippen molar-refractivity contribution >= 4 is 17.3 Å². The molecule has 0 aliphatic rings. The van der Waals surface area contributed by atoms with Crippen LogP contribution in [0.3, 0.4) is 0 Å². The molecular weight excluding hydrogens is 252 g/mol. The van der Waals surface area contributed by atoms with Crippen LogP contribution in [0.25, 0.3) is 0 Å². The van der Waals surface area contributed by atoms with Gasteiger partial charge >= 0.3 is 0 Å². The Morgan fingerprint density at radius 2 is 2.17 bits per heavy atom. The van der Waals surface area contributed by atoms with E-state index in [0.29, 0.717) is 37.0 Å². The monoisotopic (exact) mass is 268 g/mol. The third-order valence-corrected chi connectivity index (χ3v) is 2.54. The van der Waals surface area contributed by atoms with E-state index in [9.17, 15) is 0 Å². The molecule has 0 aliphatic heterocycles. The van der Waals surface area contributed by atoms with E-state index in [1.807, 2.05) is 0 Å². The van der Waals surface area contributed by atoms with Crippen LogP contribution in [0.4, 0.5) is 5.69 Å². The van der Waals surface area contributed by atoms with E-state index in [4.69, 9.17) is 26.3 Å². The molecule has 0 saturated carbocycles. The highest BCUT2D eigenvalue weighted by Crippen LogP contribution is 2.19. The maximum Gasteiger partial charge on any atom is 0.101 e. The van der Waals surface area contributed by atoms with Crippen molar-refractivity contribution in [2.45, 2.75) is 6.42 Å². The first kappa shape index (κ1) is 14.8. The van der Waals surface area contributed by atoms with Crippen molar-refractivity contribution in [3.05, 3.63) is 28.8 Å². The molecule has 1 aromatic rings. The second-order valence-corrected chi connectivity index (χ2v) is 4.12. The van der Waals surface area contributed by atoms with Crippen molar-refractivity contribution in [2.75, 3.05) is 38.8 Å². The summed E-state index contributed by atoms with van der Waals surface area (Å²) in [6, 6.07) is 7.25. The van der Waals surface area contributed by atoms with Crippen LogP contribution in [0, 0.1) is 11.3 Å². The van der Waals surface area contributed by atoms with Crippen LogP contribution in [0.1, 0.15) is 12.0 Å². The molecule has 0 aliphatic carbocycles. The molecule has 0 saturated heterocycles. The van der Waals surface area contributed by atoms with Gasteiger partial charge in [0.1, 0.15) is 6.07 Å². The van der Waals surface area contributed by atoms with E-state index in [0.717, 1.165) is 12.1 Å². The summed E-state index contributed by atoms with van der Waals surface area (Å²) in [6.07, 6.45) is 0.886. The van der Waals surface area contributed by atoms with Crippen LogP contribution in [-0.2, 0) is 9.47 Å². The zero-order chi connectivity index (χ0) is 13.2. The van der Waals surface area contributed by atoms with Crippen molar-refractivity contribution < 1.29 is 9.47 Å². The topological polar surface area (TPSA) is 54.3 Å². The van der Waals surface area contributed by atoms with E-state index in [1.165, 1.54) is 0 Å². The standard InChI is InChI=1S/C13H17ClN2O2/c1-17-6-2-7-18-8-5-16-13-9-12(14)4-3-11(13)10-15/h3-4,9,16H,2,5-8H2,1H3. The van der Waals surface area contributed by atoms with E-state index >= 15 is 0 Å². The maximum absolute atomic E-state index is 8.93. The van der Waals surface area contributed by atoms with Gasteiger partial charge in [-0.15, -0.1) is 0 Å². The fraction of sp³-hybridized carbons (Fsp3) is 0.462. The number of nitrogens with one attached hydrogen (secondary N) is 1. The van der Waals surface area contributed by atoms with Crippen LogP contribution in [0.5, 0.6) is 0 Å². The SMILES string of the molecule is COCCCOCCNc1cc(Cl)ccc1C#N. The minimum absolute atomic E-state index is 0.582. The summed E-state index contributed by atoms with van der Waals surface area (Å²) in [7, 11) is 1.67. The van der Waals surface area contributed by atoms with Gasteiger partial charge < -0.3 is 14.8 Å².